The number of carbonyl (C=O) groups is 1. The molecule has 1 amide bonds. The Bertz CT molecular complexity index is 1160. The molecule has 4 aromatic rings. The fourth-order valence-electron chi connectivity index (χ4n) is 2.88. The van der Waals surface area contributed by atoms with Crippen LogP contribution in [0.25, 0.3) is 17.1 Å². The van der Waals surface area contributed by atoms with Crippen molar-refractivity contribution in [3.8, 4) is 22.8 Å². The highest BCUT2D eigenvalue weighted by Gasteiger charge is 2.17. The van der Waals surface area contributed by atoms with Gasteiger partial charge in [-0.15, -0.1) is 10.2 Å². The van der Waals surface area contributed by atoms with Gasteiger partial charge in [-0.25, -0.2) is 0 Å². The third-order valence-corrected chi connectivity index (χ3v) is 5.54. The van der Waals surface area contributed by atoms with Crippen molar-refractivity contribution in [1.29, 1.82) is 0 Å². The van der Waals surface area contributed by atoms with Gasteiger partial charge in [0, 0.05) is 34.4 Å². The van der Waals surface area contributed by atoms with Crippen LogP contribution >= 0.6 is 23.4 Å². The quantitative estimate of drug-likeness (QED) is 0.409. The largest absolute Gasteiger partial charge is 0.497 e. The van der Waals surface area contributed by atoms with Gasteiger partial charge in [0.25, 0.3) is 0 Å². The summed E-state index contributed by atoms with van der Waals surface area (Å²) >= 11 is 7.35. The molecule has 0 aliphatic heterocycles. The number of hydrogen-bond donors (Lipinski definition) is 1. The topological polar surface area (TPSA) is 81.9 Å². The molecule has 0 aliphatic rings. The molecule has 9 heteroatoms. The predicted molar refractivity (Wildman–Crippen MR) is 122 cm³/mol. The molecule has 7 nitrogen and oxygen atoms in total. The van der Waals surface area contributed by atoms with Crippen molar-refractivity contribution in [3.05, 3.63) is 78.1 Å². The minimum absolute atomic E-state index is 0.147. The van der Waals surface area contributed by atoms with E-state index in [2.05, 4.69) is 20.5 Å². The number of halogens is 1. The summed E-state index contributed by atoms with van der Waals surface area (Å²) in [4.78, 5) is 16.5. The molecule has 0 bridgehead atoms. The highest BCUT2D eigenvalue weighted by atomic mass is 35.5. The van der Waals surface area contributed by atoms with Crippen molar-refractivity contribution in [3.63, 3.8) is 0 Å². The summed E-state index contributed by atoms with van der Waals surface area (Å²) < 4.78 is 7.03. The van der Waals surface area contributed by atoms with Gasteiger partial charge >= 0.3 is 0 Å². The lowest BCUT2D eigenvalue weighted by Gasteiger charge is -2.11. The van der Waals surface area contributed by atoms with Gasteiger partial charge in [-0.2, -0.15) is 0 Å². The second-order valence-corrected chi connectivity index (χ2v) is 7.80. The number of nitrogens with one attached hydrogen (secondary N) is 1. The first-order valence-corrected chi connectivity index (χ1v) is 10.7. The molecule has 1 N–H and O–H groups in total. The van der Waals surface area contributed by atoms with E-state index < -0.39 is 0 Å². The monoisotopic (exact) mass is 451 g/mol. The van der Waals surface area contributed by atoms with E-state index in [1.165, 1.54) is 11.8 Å². The highest BCUT2D eigenvalue weighted by molar-refractivity contribution is 7.99. The number of aromatic nitrogens is 4. The predicted octanol–water partition coefficient (Wildman–Crippen LogP) is 4.72. The summed E-state index contributed by atoms with van der Waals surface area (Å²) in [7, 11) is 1.60. The number of anilines is 1. The third kappa shape index (κ3) is 5.04. The van der Waals surface area contributed by atoms with Gasteiger partial charge in [0.2, 0.25) is 5.91 Å². The van der Waals surface area contributed by atoms with Crippen molar-refractivity contribution in [2.24, 2.45) is 0 Å². The summed E-state index contributed by atoms with van der Waals surface area (Å²) in [5, 5.41) is 12.8. The Morgan fingerprint density at radius 2 is 1.74 bits per heavy atom. The maximum atomic E-state index is 12.5. The van der Waals surface area contributed by atoms with Crippen LogP contribution in [0.1, 0.15) is 0 Å². The van der Waals surface area contributed by atoms with E-state index in [-0.39, 0.29) is 11.7 Å². The van der Waals surface area contributed by atoms with Gasteiger partial charge in [-0.05, 0) is 60.7 Å². The Morgan fingerprint density at radius 3 is 2.42 bits per heavy atom. The van der Waals surface area contributed by atoms with E-state index in [0.717, 1.165) is 17.0 Å². The molecule has 2 aromatic carbocycles. The number of benzene rings is 2. The molecular weight excluding hydrogens is 434 g/mol. The standard InChI is InChI=1S/C22H18ClN5O2S/c1-30-19-8-4-17(5-9-19)25-20(29)14-31-22-27-26-21(15-10-12-24-13-11-15)28(22)18-6-2-16(23)3-7-18/h2-13H,14H2,1H3,(H,25,29). The van der Waals surface area contributed by atoms with Gasteiger partial charge in [0.1, 0.15) is 5.75 Å². The Labute approximate surface area is 188 Å². The molecule has 31 heavy (non-hydrogen) atoms. The van der Waals surface area contributed by atoms with Crippen LogP contribution in [0.3, 0.4) is 0 Å². The Kier molecular flexibility index (Phi) is 6.49. The average Bonchev–Trinajstić information content (AvgIpc) is 3.23. The number of methoxy groups -OCH3 is 1. The van der Waals surface area contributed by atoms with Gasteiger partial charge in [0.05, 0.1) is 12.9 Å². The van der Waals surface area contributed by atoms with E-state index in [1.54, 1.807) is 55.9 Å². The zero-order chi connectivity index (χ0) is 21.6. The number of rotatable bonds is 7. The number of pyridine rings is 1. The van der Waals surface area contributed by atoms with E-state index in [1.807, 2.05) is 28.8 Å². The average molecular weight is 452 g/mol. The number of amides is 1. The molecule has 156 valence electrons. The molecule has 2 heterocycles. The number of ether oxygens (including phenoxy) is 1. The Hall–Kier alpha value is -3.36. The molecule has 0 saturated carbocycles. The van der Waals surface area contributed by atoms with Crippen molar-refractivity contribution in [2.45, 2.75) is 5.16 Å². The minimum atomic E-state index is -0.147. The van der Waals surface area contributed by atoms with Gasteiger partial charge in [-0.1, -0.05) is 23.4 Å². The first-order valence-electron chi connectivity index (χ1n) is 9.32. The Morgan fingerprint density at radius 1 is 1.03 bits per heavy atom. The second kappa shape index (κ2) is 9.63. The molecule has 0 fully saturated rings. The second-order valence-electron chi connectivity index (χ2n) is 6.42. The smallest absolute Gasteiger partial charge is 0.234 e. The van der Waals surface area contributed by atoms with E-state index in [4.69, 9.17) is 16.3 Å². The maximum Gasteiger partial charge on any atom is 0.234 e. The van der Waals surface area contributed by atoms with E-state index >= 15 is 0 Å². The van der Waals surface area contributed by atoms with Crippen LogP contribution in [0, 0.1) is 0 Å². The summed E-state index contributed by atoms with van der Waals surface area (Å²) in [5.74, 6) is 1.41. The van der Waals surface area contributed by atoms with E-state index in [0.29, 0.717) is 21.7 Å². The molecule has 2 aromatic heterocycles. The number of hydrogen-bond acceptors (Lipinski definition) is 6. The SMILES string of the molecule is COc1ccc(NC(=O)CSc2nnc(-c3ccncc3)n2-c2ccc(Cl)cc2)cc1. The lowest BCUT2D eigenvalue weighted by atomic mass is 10.2. The van der Waals surface area contributed by atoms with Gasteiger partial charge in [0.15, 0.2) is 11.0 Å². The number of thioether (sulfide) groups is 1. The van der Waals surface area contributed by atoms with Crippen molar-refractivity contribution in [1.82, 2.24) is 19.7 Å². The highest BCUT2D eigenvalue weighted by Crippen LogP contribution is 2.28. The minimum Gasteiger partial charge on any atom is -0.497 e. The number of carbonyl (C=O) groups excluding carboxylic acids is 1. The molecular formula is C22H18ClN5O2S. The zero-order valence-electron chi connectivity index (χ0n) is 16.5. The Balaban J connectivity index is 1.55. The molecule has 0 radical (unpaired) electrons. The molecule has 0 saturated heterocycles. The first kappa shape index (κ1) is 20.9. The lowest BCUT2D eigenvalue weighted by molar-refractivity contribution is -0.113. The van der Waals surface area contributed by atoms with Crippen molar-refractivity contribution >= 4 is 35.0 Å². The molecule has 0 aliphatic carbocycles. The van der Waals surface area contributed by atoms with Crippen LogP contribution in [0.4, 0.5) is 5.69 Å². The summed E-state index contributed by atoms with van der Waals surface area (Å²) in [6, 6.07) is 18.3. The van der Waals surface area contributed by atoms with Gasteiger partial charge in [-0.3, -0.25) is 14.3 Å². The van der Waals surface area contributed by atoms with Crippen LogP contribution in [-0.2, 0) is 4.79 Å². The van der Waals surface area contributed by atoms with Gasteiger partial charge < -0.3 is 10.1 Å². The van der Waals surface area contributed by atoms with Crippen LogP contribution in [0.2, 0.25) is 5.02 Å². The summed E-state index contributed by atoms with van der Waals surface area (Å²) in [6.45, 7) is 0. The van der Waals surface area contributed by atoms with Crippen molar-refractivity contribution < 1.29 is 9.53 Å². The fraction of sp³-hybridized carbons (Fsp3) is 0.0909. The van der Waals surface area contributed by atoms with Crippen LogP contribution in [0.15, 0.2) is 78.2 Å². The first-order chi connectivity index (χ1) is 15.1. The van der Waals surface area contributed by atoms with Crippen molar-refractivity contribution in [2.75, 3.05) is 18.2 Å². The zero-order valence-corrected chi connectivity index (χ0v) is 18.1. The summed E-state index contributed by atoms with van der Waals surface area (Å²) in [5.41, 5.74) is 2.41. The van der Waals surface area contributed by atoms with Crippen LogP contribution in [0.5, 0.6) is 5.75 Å². The van der Waals surface area contributed by atoms with E-state index in [9.17, 15) is 4.79 Å². The normalized spacial score (nSPS) is 10.6. The molecule has 0 unspecified atom stereocenters. The molecule has 0 atom stereocenters. The lowest BCUT2D eigenvalue weighted by Crippen LogP contribution is -2.14. The van der Waals surface area contributed by atoms with Crippen LogP contribution < -0.4 is 10.1 Å². The third-order valence-electron chi connectivity index (χ3n) is 4.36. The number of nitrogens with zero attached hydrogens (tertiary/aromatic N) is 4. The van der Waals surface area contributed by atoms with Crippen LogP contribution in [-0.4, -0.2) is 38.5 Å². The molecule has 0 spiro atoms. The fourth-order valence-corrected chi connectivity index (χ4v) is 3.75. The molecule has 4 rings (SSSR count). The maximum absolute atomic E-state index is 12.5. The summed E-state index contributed by atoms with van der Waals surface area (Å²) in [6.07, 6.45) is 3.40.